The molecule has 96 valence electrons. The van der Waals surface area contributed by atoms with Crippen LogP contribution >= 0.6 is 0 Å². The van der Waals surface area contributed by atoms with E-state index < -0.39 is 0 Å². The number of benzene rings is 1. The van der Waals surface area contributed by atoms with Gasteiger partial charge in [0.1, 0.15) is 5.75 Å². The third-order valence-corrected chi connectivity index (χ3v) is 2.54. The molecule has 0 atom stereocenters. The number of hydrogen-bond donors (Lipinski definition) is 2. The molecule has 0 aromatic heterocycles. The molecular weight excluding hydrogens is 214 g/mol. The number of aliphatic hydroxyl groups is 1. The van der Waals surface area contributed by atoms with Gasteiger partial charge in [-0.05, 0) is 25.1 Å². The van der Waals surface area contributed by atoms with Gasteiger partial charge in [0.15, 0.2) is 0 Å². The summed E-state index contributed by atoms with van der Waals surface area (Å²) < 4.78 is 5.58. The first-order valence-corrected chi connectivity index (χ1v) is 6.13. The van der Waals surface area contributed by atoms with Crippen molar-refractivity contribution >= 4 is 0 Å². The molecule has 0 heterocycles. The zero-order valence-corrected chi connectivity index (χ0v) is 10.8. The summed E-state index contributed by atoms with van der Waals surface area (Å²) in [5, 5.41) is 12.4. The van der Waals surface area contributed by atoms with Crippen molar-refractivity contribution in [3.63, 3.8) is 0 Å². The van der Waals surface area contributed by atoms with Crippen molar-refractivity contribution in [2.24, 2.45) is 5.41 Å². The normalized spacial score (nSPS) is 11.5. The van der Waals surface area contributed by atoms with Crippen LogP contribution in [0.3, 0.4) is 0 Å². The van der Waals surface area contributed by atoms with Crippen molar-refractivity contribution in [3.8, 4) is 5.75 Å². The highest BCUT2D eigenvalue weighted by Gasteiger charge is 2.14. The average molecular weight is 237 g/mol. The van der Waals surface area contributed by atoms with E-state index in [9.17, 15) is 0 Å². The van der Waals surface area contributed by atoms with Crippen LogP contribution in [-0.4, -0.2) is 31.4 Å². The molecule has 0 bridgehead atoms. The molecule has 1 aromatic rings. The van der Waals surface area contributed by atoms with Crippen molar-refractivity contribution < 1.29 is 9.84 Å². The molecule has 0 spiro atoms. The molecule has 0 radical (unpaired) electrons. The highest BCUT2D eigenvalue weighted by atomic mass is 16.5. The maximum absolute atomic E-state index is 9.08. The standard InChI is InChI=1S/C14H23NO2/c1-14(2,12-16)11-15-9-6-10-17-13-7-4-3-5-8-13/h3-5,7-8,15-16H,6,9-12H2,1-2H3. The van der Waals surface area contributed by atoms with Gasteiger partial charge in [0, 0.05) is 18.6 Å². The van der Waals surface area contributed by atoms with Gasteiger partial charge in [-0.2, -0.15) is 0 Å². The Labute approximate surface area is 104 Å². The lowest BCUT2D eigenvalue weighted by Crippen LogP contribution is -2.33. The SMILES string of the molecule is CC(C)(CO)CNCCCOc1ccccc1. The Kier molecular flexibility index (Phi) is 6.01. The number of para-hydroxylation sites is 1. The second kappa shape index (κ2) is 7.30. The van der Waals surface area contributed by atoms with Crippen molar-refractivity contribution in [1.29, 1.82) is 0 Å². The van der Waals surface area contributed by atoms with Gasteiger partial charge in [0.2, 0.25) is 0 Å². The maximum atomic E-state index is 9.08. The smallest absolute Gasteiger partial charge is 0.119 e. The van der Waals surface area contributed by atoms with Gasteiger partial charge < -0.3 is 15.2 Å². The van der Waals surface area contributed by atoms with Crippen molar-refractivity contribution in [1.82, 2.24) is 5.32 Å². The van der Waals surface area contributed by atoms with E-state index in [0.717, 1.165) is 31.9 Å². The second-order valence-electron chi connectivity index (χ2n) is 5.01. The van der Waals surface area contributed by atoms with Crippen molar-refractivity contribution in [2.75, 3.05) is 26.3 Å². The van der Waals surface area contributed by atoms with Crippen LogP contribution in [0.15, 0.2) is 30.3 Å². The van der Waals surface area contributed by atoms with E-state index in [1.165, 1.54) is 0 Å². The zero-order chi connectivity index (χ0) is 12.6. The summed E-state index contributed by atoms with van der Waals surface area (Å²) in [6, 6.07) is 9.84. The van der Waals surface area contributed by atoms with E-state index in [1.807, 2.05) is 44.2 Å². The van der Waals surface area contributed by atoms with Crippen LogP contribution in [0.25, 0.3) is 0 Å². The molecule has 0 aliphatic carbocycles. The summed E-state index contributed by atoms with van der Waals surface area (Å²) in [7, 11) is 0. The first-order chi connectivity index (χ1) is 8.14. The first-order valence-electron chi connectivity index (χ1n) is 6.13. The summed E-state index contributed by atoms with van der Waals surface area (Å²) in [5.74, 6) is 0.920. The van der Waals surface area contributed by atoms with Crippen LogP contribution in [0.5, 0.6) is 5.75 Å². The minimum absolute atomic E-state index is 0.0414. The molecule has 1 rings (SSSR count). The predicted octanol–water partition coefficient (Wildman–Crippen LogP) is 2.06. The summed E-state index contributed by atoms with van der Waals surface area (Å²) in [6.07, 6.45) is 0.969. The van der Waals surface area contributed by atoms with E-state index in [-0.39, 0.29) is 12.0 Å². The Balaban J connectivity index is 2.02. The number of aliphatic hydroxyl groups excluding tert-OH is 1. The third-order valence-electron chi connectivity index (χ3n) is 2.54. The molecule has 0 aliphatic rings. The number of rotatable bonds is 8. The van der Waals surface area contributed by atoms with E-state index in [0.29, 0.717) is 0 Å². The molecule has 0 unspecified atom stereocenters. The molecule has 3 nitrogen and oxygen atoms in total. The van der Waals surface area contributed by atoms with Gasteiger partial charge in [-0.1, -0.05) is 32.0 Å². The summed E-state index contributed by atoms with van der Waals surface area (Å²) in [4.78, 5) is 0. The van der Waals surface area contributed by atoms with Gasteiger partial charge in [-0.25, -0.2) is 0 Å². The topological polar surface area (TPSA) is 41.5 Å². The summed E-state index contributed by atoms with van der Waals surface area (Å²) in [6.45, 7) is 6.75. The number of ether oxygens (including phenoxy) is 1. The van der Waals surface area contributed by atoms with Crippen LogP contribution in [0.2, 0.25) is 0 Å². The molecule has 1 aromatic carbocycles. The second-order valence-corrected chi connectivity index (χ2v) is 5.01. The van der Waals surface area contributed by atoms with Crippen LogP contribution in [0.1, 0.15) is 20.3 Å². The molecule has 2 N–H and O–H groups in total. The quantitative estimate of drug-likeness (QED) is 0.680. The Morgan fingerprint density at radius 1 is 1.24 bits per heavy atom. The van der Waals surface area contributed by atoms with Gasteiger partial charge in [-0.15, -0.1) is 0 Å². The number of nitrogens with one attached hydrogen (secondary N) is 1. The van der Waals surface area contributed by atoms with Gasteiger partial charge in [-0.3, -0.25) is 0 Å². The first kappa shape index (κ1) is 14.0. The minimum atomic E-state index is -0.0414. The van der Waals surface area contributed by atoms with E-state index >= 15 is 0 Å². The maximum Gasteiger partial charge on any atom is 0.119 e. The summed E-state index contributed by atoms with van der Waals surface area (Å²) in [5.41, 5.74) is -0.0414. The largest absolute Gasteiger partial charge is 0.494 e. The molecule has 17 heavy (non-hydrogen) atoms. The lowest BCUT2D eigenvalue weighted by atomic mass is 9.95. The van der Waals surface area contributed by atoms with E-state index in [2.05, 4.69) is 5.32 Å². The van der Waals surface area contributed by atoms with Crippen molar-refractivity contribution in [3.05, 3.63) is 30.3 Å². The van der Waals surface area contributed by atoms with Crippen molar-refractivity contribution in [2.45, 2.75) is 20.3 Å². The fourth-order valence-electron chi connectivity index (χ4n) is 1.39. The highest BCUT2D eigenvalue weighted by molar-refractivity contribution is 5.20. The van der Waals surface area contributed by atoms with Crippen LogP contribution < -0.4 is 10.1 Å². The highest BCUT2D eigenvalue weighted by Crippen LogP contribution is 2.11. The average Bonchev–Trinajstić information content (AvgIpc) is 2.35. The van der Waals surface area contributed by atoms with Crippen LogP contribution in [0.4, 0.5) is 0 Å². The predicted molar refractivity (Wildman–Crippen MR) is 70.3 cm³/mol. The molecule has 0 saturated carbocycles. The lowest BCUT2D eigenvalue weighted by molar-refractivity contribution is 0.156. The molecular formula is C14H23NO2. The van der Waals surface area contributed by atoms with Crippen LogP contribution in [-0.2, 0) is 0 Å². The Hall–Kier alpha value is -1.06. The fraction of sp³-hybridized carbons (Fsp3) is 0.571. The van der Waals surface area contributed by atoms with Gasteiger partial charge in [0.05, 0.1) is 6.61 Å². The van der Waals surface area contributed by atoms with Gasteiger partial charge >= 0.3 is 0 Å². The van der Waals surface area contributed by atoms with Crippen LogP contribution in [0, 0.1) is 5.41 Å². The third kappa shape index (κ3) is 6.29. The fourth-order valence-corrected chi connectivity index (χ4v) is 1.39. The monoisotopic (exact) mass is 237 g/mol. The zero-order valence-electron chi connectivity index (χ0n) is 10.8. The van der Waals surface area contributed by atoms with Gasteiger partial charge in [0.25, 0.3) is 0 Å². The molecule has 3 heteroatoms. The molecule has 0 amide bonds. The summed E-state index contributed by atoms with van der Waals surface area (Å²) >= 11 is 0. The lowest BCUT2D eigenvalue weighted by Gasteiger charge is -2.21. The Morgan fingerprint density at radius 2 is 1.94 bits per heavy atom. The Morgan fingerprint density at radius 3 is 2.59 bits per heavy atom. The molecule has 0 aliphatic heterocycles. The molecule has 0 saturated heterocycles. The number of hydrogen-bond acceptors (Lipinski definition) is 3. The van der Waals surface area contributed by atoms with E-state index in [4.69, 9.17) is 9.84 Å². The Bertz CT molecular complexity index is 298. The van der Waals surface area contributed by atoms with E-state index in [1.54, 1.807) is 0 Å². The minimum Gasteiger partial charge on any atom is -0.494 e. The molecule has 0 fully saturated rings.